The van der Waals surface area contributed by atoms with Crippen molar-refractivity contribution in [3.63, 3.8) is 0 Å². The first-order valence-electron chi connectivity index (χ1n) is 18.9. The van der Waals surface area contributed by atoms with Crippen LogP contribution in [0.5, 0.6) is 11.5 Å². The molecule has 0 bridgehead atoms. The molecule has 6 aromatic carbocycles. The van der Waals surface area contributed by atoms with E-state index in [0.29, 0.717) is 5.92 Å². The summed E-state index contributed by atoms with van der Waals surface area (Å²) in [4.78, 5) is 4.89. The van der Waals surface area contributed by atoms with Crippen molar-refractivity contribution in [3.05, 3.63) is 188 Å². The topological polar surface area (TPSA) is 35.9 Å². The summed E-state index contributed by atoms with van der Waals surface area (Å²) < 4.78 is 13.0. The van der Waals surface area contributed by atoms with Crippen molar-refractivity contribution >= 4 is 21.8 Å². The standard InChI is InChI=1S/C50H42N4O/c1-35(50(2,3)4)38-27-28-51-48(31-38)54-46-24-12-11-21-44(46)45-26-25-41(33-47(45)54)55-40-20-13-19-39(32-40)52-29-30-53(34-52)49-42(36-15-7-5-8-16-36)22-14-23-43(49)37-17-9-6-10-18-37/h5-33,35H,1-4H3. The fourth-order valence-electron chi connectivity index (χ4n) is 7.51. The molecule has 0 saturated heterocycles. The van der Waals surface area contributed by atoms with E-state index in [-0.39, 0.29) is 5.41 Å². The van der Waals surface area contributed by atoms with Crippen LogP contribution in [0.25, 0.3) is 61.3 Å². The molecule has 3 heterocycles. The van der Waals surface area contributed by atoms with Crippen LogP contribution in [0.15, 0.2) is 176 Å². The van der Waals surface area contributed by atoms with Crippen molar-refractivity contribution in [2.45, 2.75) is 33.6 Å². The summed E-state index contributed by atoms with van der Waals surface area (Å²) in [5, 5.41) is 2.34. The van der Waals surface area contributed by atoms with Crippen LogP contribution in [0.2, 0.25) is 0 Å². The summed E-state index contributed by atoms with van der Waals surface area (Å²) in [6.07, 6.45) is 9.66. The quantitative estimate of drug-likeness (QED) is 0.116. The van der Waals surface area contributed by atoms with Gasteiger partial charge in [-0.1, -0.05) is 131 Å². The Kier molecular flexibility index (Phi) is 8.63. The van der Waals surface area contributed by atoms with E-state index in [9.17, 15) is 0 Å². The lowest BCUT2D eigenvalue weighted by atomic mass is 9.78. The molecule has 0 aliphatic heterocycles. The minimum Gasteiger partial charge on any atom is -0.458 e. The lowest BCUT2D eigenvalue weighted by molar-refractivity contribution is -0.598. The second-order valence-corrected chi connectivity index (χ2v) is 15.2. The molecule has 5 nitrogen and oxygen atoms in total. The predicted molar refractivity (Wildman–Crippen MR) is 224 cm³/mol. The van der Waals surface area contributed by atoms with E-state index in [1.807, 2.05) is 29.1 Å². The van der Waals surface area contributed by atoms with Gasteiger partial charge in [0.1, 0.15) is 17.3 Å². The molecule has 0 spiro atoms. The maximum Gasteiger partial charge on any atom is 0.268 e. The molecular weight excluding hydrogens is 673 g/mol. The zero-order valence-corrected chi connectivity index (χ0v) is 31.5. The number of imidazole rings is 1. The average Bonchev–Trinajstić information content (AvgIpc) is 3.84. The highest BCUT2D eigenvalue weighted by molar-refractivity contribution is 6.09. The molecule has 0 N–H and O–H groups in total. The summed E-state index contributed by atoms with van der Waals surface area (Å²) in [6.45, 7) is 9.16. The first kappa shape index (κ1) is 34.1. The van der Waals surface area contributed by atoms with Gasteiger partial charge in [-0.15, -0.1) is 0 Å². The van der Waals surface area contributed by atoms with E-state index >= 15 is 0 Å². The van der Waals surface area contributed by atoms with Crippen LogP contribution in [0.3, 0.4) is 0 Å². The van der Waals surface area contributed by atoms with Crippen LogP contribution in [-0.4, -0.2) is 14.1 Å². The van der Waals surface area contributed by atoms with Crippen LogP contribution >= 0.6 is 0 Å². The maximum absolute atomic E-state index is 6.62. The SMILES string of the molecule is CC(c1ccnc(-n2c3ccccc3c3ccc(Oc4cccc(-n5[c-][n+](-c6c(-c7ccccc7)cccc6-c6ccccc6)cc5)c4)cc32)c1)C(C)(C)C. The third-order valence-corrected chi connectivity index (χ3v) is 10.8. The summed E-state index contributed by atoms with van der Waals surface area (Å²) in [5.74, 6) is 2.76. The lowest BCUT2D eigenvalue weighted by Crippen LogP contribution is -2.30. The number of benzene rings is 6. The number of rotatable bonds is 8. The van der Waals surface area contributed by atoms with Gasteiger partial charge in [0.05, 0.1) is 22.4 Å². The van der Waals surface area contributed by atoms with Crippen LogP contribution < -0.4 is 9.30 Å². The van der Waals surface area contributed by atoms with Gasteiger partial charge in [0, 0.05) is 35.4 Å². The lowest BCUT2D eigenvalue weighted by Gasteiger charge is -2.27. The van der Waals surface area contributed by atoms with Gasteiger partial charge >= 0.3 is 0 Å². The first-order chi connectivity index (χ1) is 26.8. The van der Waals surface area contributed by atoms with Gasteiger partial charge in [0.15, 0.2) is 0 Å². The monoisotopic (exact) mass is 714 g/mol. The molecule has 9 aromatic rings. The molecule has 3 aromatic heterocycles. The number of aromatic nitrogens is 4. The van der Waals surface area contributed by atoms with E-state index < -0.39 is 0 Å². The highest BCUT2D eigenvalue weighted by atomic mass is 16.5. The van der Waals surface area contributed by atoms with E-state index in [1.165, 1.54) is 10.9 Å². The number of hydrogen-bond acceptors (Lipinski definition) is 2. The Morgan fingerprint density at radius 1 is 0.636 bits per heavy atom. The molecule has 0 aliphatic rings. The number of nitrogens with zero attached hydrogens (tertiary/aromatic N) is 4. The summed E-state index contributed by atoms with van der Waals surface area (Å²) in [5.41, 5.74) is 10.2. The van der Waals surface area contributed by atoms with Crippen LogP contribution in [-0.2, 0) is 0 Å². The van der Waals surface area contributed by atoms with Gasteiger partial charge in [0.2, 0.25) is 0 Å². The van der Waals surface area contributed by atoms with Crippen molar-refractivity contribution in [1.29, 1.82) is 0 Å². The Hall–Kier alpha value is -6.72. The molecule has 268 valence electrons. The first-order valence-corrected chi connectivity index (χ1v) is 18.9. The summed E-state index contributed by atoms with van der Waals surface area (Å²) in [7, 11) is 0. The Morgan fingerprint density at radius 3 is 2.02 bits per heavy atom. The number of pyridine rings is 1. The molecule has 0 saturated carbocycles. The zero-order valence-electron chi connectivity index (χ0n) is 31.5. The fraction of sp³-hybridized carbons (Fsp3) is 0.120. The zero-order chi connectivity index (χ0) is 37.5. The second-order valence-electron chi connectivity index (χ2n) is 15.2. The minimum absolute atomic E-state index is 0.130. The van der Waals surface area contributed by atoms with Gasteiger partial charge in [-0.25, -0.2) is 4.98 Å². The highest BCUT2D eigenvalue weighted by Crippen LogP contribution is 2.38. The van der Waals surface area contributed by atoms with E-state index in [2.05, 4.69) is 195 Å². The molecule has 5 heteroatoms. The van der Waals surface area contributed by atoms with Crippen molar-refractivity contribution in [2.75, 3.05) is 0 Å². The molecular formula is C50H42N4O. The molecule has 1 unspecified atom stereocenters. The number of hydrogen-bond donors (Lipinski definition) is 0. The smallest absolute Gasteiger partial charge is 0.268 e. The number of para-hydroxylation sites is 2. The number of fused-ring (bicyclic) bond motifs is 3. The van der Waals surface area contributed by atoms with Crippen LogP contribution in [0, 0.1) is 11.7 Å². The molecule has 0 aliphatic carbocycles. The van der Waals surface area contributed by atoms with Gasteiger partial charge in [0.25, 0.3) is 6.33 Å². The Balaban J connectivity index is 1.08. The van der Waals surface area contributed by atoms with Crippen LogP contribution in [0.1, 0.15) is 39.2 Å². The third kappa shape index (κ3) is 6.48. The molecule has 0 amide bonds. The molecule has 0 fully saturated rings. The van der Waals surface area contributed by atoms with Crippen molar-refractivity contribution in [2.24, 2.45) is 5.41 Å². The number of ether oxygens (including phenoxy) is 1. The van der Waals surface area contributed by atoms with Crippen molar-refractivity contribution in [1.82, 2.24) is 14.1 Å². The van der Waals surface area contributed by atoms with E-state index in [1.54, 1.807) is 0 Å². The third-order valence-electron chi connectivity index (χ3n) is 10.8. The van der Waals surface area contributed by atoms with Crippen LogP contribution in [0.4, 0.5) is 0 Å². The maximum atomic E-state index is 6.62. The average molecular weight is 715 g/mol. The molecule has 9 rings (SSSR count). The minimum atomic E-state index is 0.130. The van der Waals surface area contributed by atoms with Gasteiger partial charge in [-0.3, -0.25) is 13.7 Å². The summed E-state index contributed by atoms with van der Waals surface area (Å²) >= 11 is 0. The van der Waals surface area contributed by atoms with E-state index in [4.69, 9.17) is 9.72 Å². The Bertz CT molecular complexity index is 2730. The predicted octanol–water partition coefficient (Wildman–Crippen LogP) is 12.3. The van der Waals surface area contributed by atoms with Gasteiger partial charge in [-0.05, 0) is 87.7 Å². The Morgan fingerprint density at radius 2 is 1.29 bits per heavy atom. The second kappa shape index (κ2) is 13.9. The van der Waals surface area contributed by atoms with Gasteiger partial charge < -0.3 is 4.74 Å². The normalized spacial score (nSPS) is 12.3. The highest BCUT2D eigenvalue weighted by Gasteiger charge is 2.23. The molecule has 55 heavy (non-hydrogen) atoms. The van der Waals surface area contributed by atoms with Crippen molar-refractivity contribution < 1.29 is 9.30 Å². The van der Waals surface area contributed by atoms with E-state index in [0.717, 1.165) is 67.4 Å². The molecule has 1 atom stereocenters. The molecule has 0 radical (unpaired) electrons. The Labute approximate surface area is 322 Å². The summed E-state index contributed by atoms with van der Waals surface area (Å²) in [6, 6.07) is 55.0. The fourth-order valence-corrected chi connectivity index (χ4v) is 7.51. The van der Waals surface area contributed by atoms with Crippen molar-refractivity contribution in [3.8, 4) is 50.9 Å². The van der Waals surface area contributed by atoms with Gasteiger partial charge in [-0.2, -0.15) is 0 Å². The largest absolute Gasteiger partial charge is 0.458 e.